The van der Waals surface area contributed by atoms with Gasteiger partial charge in [0.25, 0.3) is 11.6 Å². The van der Waals surface area contributed by atoms with Crippen molar-refractivity contribution in [3.8, 4) is 23.0 Å². The molecule has 3 aromatic carbocycles. The van der Waals surface area contributed by atoms with Crippen molar-refractivity contribution in [2.45, 2.75) is 26.5 Å². The average molecular weight is 727 g/mol. The predicted molar refractivity (Wildman–Crippen MR) is 176 cm³/mol. The summed E-state index contributed by atoms with van der Waals surface area (Å²) in [5.41, 5.74) is 4.84. The third kappa shape index (κ3) is 8.79. The number of hydrogen-bond donors (Lipinski definition) is 3. The Bertz CT molecular complexity index is 1760. The molecular formula is C32H32BrN5O10. The molecule has 0 saturated heterocycles. The summed E-state index contributed by atoms with van der Waals surface area (Å²) in [4.78, 5) is 47.7. The fraction of sp³-hybridized carbons (Fsp3) is 0.250. The third-order valence-electron chi connectivity index (χ3n) is 6.86. The second kappa shape index (κ2) is 16.3. The number of urea groups is 1. The molecule has 3 N–H and O–H groups in total. The number of esters is 1. The van der Waals surface area contributed by atoms with Gasteiger partial charge in [-0.25, -0.2) is 15.0 Å². The van der Waals surface area contributed by atoms with E-state index in [0.717, 1.165) is 5.56 Å². The fourth-order valence-electron chi connectivity index (χ4n) is 4.55. The Morgan fingerprint density at radius 2 is 1.73 bits per heavy atom. The SMILES string of the molecule is CCOC(=O)C1=C(C)NC(=O)N[C@H]1c1ccc(OCC(=O)N/N=C\c2cc(OC)c(OCc3ccc([N+](=O)[O-])cc3)cc2Br)c(OC)c1. The van der Waals surface area contributed by atoms with Crippen LogP contribution in [-0.4, -0.2) is 56.5 Å². The molecule has 252 valence electrons. The van der Waals surface area contributed by atoms with E-state index in [1.54, 1.807) is 56.3 Å². The molecule has 3 amide bonds. The summed E-state index contributed by atoms with van der Waals surface area (Å²) in [6.07, 6.45) is 1.41. The fourth-order valence-corrected chi connectivity index (χ4v) is 4.98. The highest BCUT2D eigenvalue weighted by atomic mass is 79.9. The number of rotatable bonds is 14. The number of ether oxygens (including phenoxy) is 5. The van der Waals surface area contributed by atoms with Gasteiger partial charge in [0, 0.05) is 27.9 Å². The minimum absolute atomic E-state index is 0.0138. The third-order valence-corrected chi connectivity index (χ3v) is 7.55. The number of halogens is 1. The van der Waals surface area contributed by atoms with Gasteiger partial charge in [-0.1, -0.05) is 6.07 Å². The van der Waals surface area contributed by atoms with Gasteiger partial charge < -0.3 is 34.3 Å². The lowest BCUT2D eigenvalue weighted by Crippen LogP contribution is -2.45. The largest absolute Gasteiger partial charge is 0.493 e. The molecular weight excluding hydrogens is 694 g/mol. The van der Waals surface area contributed by atoms with Gasteiger partial charge >= 0.3 is 12.0 Å². The highest BCUT2D eigenvalue weighted by Crippen LogP contribution is 2.35. The van der Waals surface area contributed by atoms with Crippen molar-refractivity contribution in [3.05, 3.63) is 97.1 Å². The molecule has 0 fully saturated rings. The summed E-state index contributed by atoms with van der Waals surface area (Å²) in [7, 11) is 2.89. The first-order chi connectivity index (χ1) is 23.0. The van der Waals surface area contributed by atoms with Crippen molar-refractivity contribution in [1.29, 1.82) is 0 Å². The molecule has 0 saturated carbocycles. The van der Waals surface area contributed by atoms with Gasteiger partial charge in [-0.05, 0) is 77.3 Å². The van der Waals surface area contributed by atoms with Gasteiger partial charge in [-0.3, -0.25) is 14.9 Å². The Hall–Kier alpha value is -5.64. The van der Waals surface area contributed by atoms with Crippen molar-refractivity contribution in [2.75, 3.05) is 27.4 Å². The number of nitro benzene ring substituents is 1. The van der Waals surface area contributed by atoms with Crippen LogP contribution >= 0.6 is 15.9 Å². The zero-order valence-electron chi connectivity index (χ0n) is 26.3. The van der Waals surface area contributed by atoms with Crippen molar-refractivity contribution < 1.29 is 43.0 Å². The summed E-state index contributed by atoms with van der Waals surface area (Å²) >= 11 is 3.46. The summed E-state index contributed by atoms with van der Waals surface area (Å²) in [5.74, 6) is 0.204. The molecule has 48 heavy (non-hydrogen) atoms. The van der Waals surface area contributed by atoms with Crippen LogP contribution in [0.25, 0.3) is 0 Å². The normalized spacial score (nSPS) is 14.1. The number of allylic oxidation sites excluding steroid dienone is 1. The standard InChI is InChI=1S/C32H32BrN5O10/c1-5-46-31(40)29-18(2)35-32(41)36-30(29)20-8-11-24(25(12-20)44-3)48-17-28(39)37-34-15-21-13-26(45-4)27(14-23(21)33)47-16-19-6-9-22(10-7-19)38(42)43/h6-15,30H,5,16-17H2,1-4H3,(H,37,39)(H2,35,36,41)/b34-15-/t30-/m0/s1. The minimum atomic E-state index is -0.799. The molecule has 16 heteroatoms. The summed E-state index contributed by atoms with van der Waals surface area (Å²) in [6.45, 7) is 3.22. The van der Waals surface area contributed by atoms with E-state index in [1.807, 2.05) is 0 Å². The van der Waals surface area contributed by atoms with Gasteiger partial charge in [-0.2, -0.15) is 5.10 Å². The smallest absolute Gasteiger partial charge is 0.338 e. The van der Waals surface area contributed by atoms with Crippen molar-refractivity contribution in [3.63, 3.8) is 0 Å². The summed E-state index contributed by atoms with van der Waals surface area (Å²) < 4.78 is 28.2. The number of non-ortho nitro benzene ring substituents is 1. The maximum absolute atomic E-state index is 12.6. The van der Waals surface area contributed by atoms with E-state index in [2.05, 4.69) is 37.1 Å². The topological polar surface area (TPSA) is 189 Å². The van der Waals surface area contributed by atoms with Crippen LogP contribution in [0.2, 0.25) is 0 Å². The Labute approximate surface area is 283 Å². The van der Waals surface area contributed by atoms with Crippen molar-refractivity contribution >= 4 is 45.7 Å². The van der Waals surface area contributed by atoms with Crippen LogP contribution in [0.1, 0.15) is 36.6 Å². The number of nitro groups is 1. The second-order valence-electron chi connectivity index (χ2n) is 10.0. The molecule has 15 nitrogen and oxygen atoms in total. The quantitative estimate of drug-likeness (QED) is 0.0911. The zero-order valence-corrected chi connectivity index (χ0v) is 27.9. The first-order valence-corrected chi connectivity index (χ1v) is 15.2. The lowest BCUT2D eigenvalue weighted by molar-refractivity contribution is -0.384. The number of methoxy groups -OCH3 is 2. The molecule has 3 aromatic rings. The van der Waals surface area contributed by atoms with Crippen LogP contribution in [0.4, 0.5) is 10.5 Å². The van der Waals surface area contributed by atoms with E-state index in [0.29, 0.717) is 32.8 Å². The van der Waals surface area contributed by atoms with Crippen LogP contribution in [0, 0.1) is 10.1 Å². The zero-order chi connectivity index (χ0) is 34.8. The maximum Gasteiger partial charge on any atom is 0.338 e. The number of carbonyl (C=O) groups is 3. The number of amides is 3. The van der Waals surface area contributed by atoms with E-state index in [4.69, 9.17) is 23.7 Å². The first-order valence-electron chi connectivity index (χ1n) is 14.4. The molecule has 0 radical (unpaired) electrons. The first kappa shape index (κ1) is 35.2. The lowest BCUT2D eigenvalue weighted by atomic mass is 9.95. The highest BCUT2D eigenvalue weighted by molar-refractivity contribution is 9.10. The summed E-state index contributed by atoms with van der Waals surface area (Å²) in [6, 6.07) is 12.9. The van der Waals surface area contributed by atoms with Gasteiger partial charge in [0.2, 0.25) is 0 Å². The molecule has 1 heterocycles. The van der Waals surface area contributed by atoms with Gasteiger partial charge in [0.1, 0.15) is 6.61 Å². The molecule has 0 unspecified atom stereocenters. The van der Waals surface area contributed by atoms with Crippen LogP contribution in [0.3, 0.4) is 0 Å². The molecule has 1 aliphatic rings. The van der Waals surface area contributed by atoms with E-state index >= 15 is 0 Å². The highest BCUT2D eigenvalue weighted by Gasteiger charge is 2.32. The Morgan fingerprint density at radius 1 is 1.02 bits per heavy atom. The van der Waals surface area contributed by atoms with E-state index in [-0.39, 0.29) is 36.0 Å². The Kier molecular flexibility index (Phi) is 11.9. The molecule has 4 rings (SSSR count). The number of carbonyl (C=O) groups excluding carboxylic acids is 3. The van der Waals surface area contributed by atoms with E-state index in [9.17, 15) is 24.5 Å². The van der Waals surface area contributed by atoms with Crippen LogP contribution in [0.15, 0.2) is 75.4 Å². The Balaban J connectivity index is 1.37. The van der Waals surface area contributed by atoms with Crippen LogP contribution in [-0.2, 0) is 20.9 Å². The monoisotopic (exact) mass is 725 g/mol. The van der Waals surface area contributed by atoms with Gasteiger partial charge in [0.05, 0.1) is 43.6 Å². The number of hydrogen-bond acceptors (Lipinski definition) is 11. The van der Waals surface area contributed by atoms with E-state index < -0.39 is 35.5 Å². The molecule has 0 bridgehead atoms. The van der Waals surface area contributed by atoms with Gasteiger partial charge in [-0.15, -0.1) is 0 Å². The van der Waals surface area contributed by atoms with Gasteiger partial charge in [0.15, 0.2) is 29.6 Å². The minimum Gasteiger partial charge on any atom is -0.493 e. The Morgan fingerprint density at radius 3 is 2.40 bits per heavy atom. The molecule has 1 aliphatic heterocycles. The van der Waals surface area contributed by atoms with Crippen LogP contribution in [0.5, 0.6) is 23.0 Å². The predicted octanol–water partition coefficient (Wildman–Crippen LogP) is 4.67. The lowest BCUT2D eigenvalue weighted by Gasteiger charge is -2.28. The molecule has 0 aliphatic carbocycles. The van der Waals surface area contributed by atoms with Crippen LogP contribution < -0.4 is 35.0 Å². The summed E-state index contributed by atoms with van der Waals surface area (Å²) in [5, 5.41) is 20.2. The van der Waals surface area contributed by atoms with Crippen molar-refractivity contribution in [2.24, 2.45) is 5.10 Å². The maximum atomic E-state index is 12.6. The second-order valence-corrected chi connectivity index (χ2v) is 10.9. The number of nitrogens with zero attached hydrogens (tertiary/aromatic N) is 2. The van der Waals surface area contributed by atoms with E-state index in [1.165, 1.54) is 32.6 Å². The average Bonchev–Trinajstić information content (AvgIpc) is 3.06. The number of benzene rings is 3. The van der Waals surface area contributed by atoms with Crippen molar-refractivity contribution in [1.82, 2.24) is 16.1 Å². The molecule has 0 aromatic heterocycles. The molecule has 1 atom stereocenters. The number of hydrazone groups is 1. The number of nitrogens with one attached hydrogen (secondary N) is 3. The molecule has 0 spiro atoms.